The molecule has 3 N–H and O–H groups in total. The fourth-order valence-corrected chi connectivity index (χ4v) is 4.26. The Morgan fingerprint density at radius 1 is 0.958 bits per heavy atom. The smallest absolute Gasteiger partial charge is 0.322 e. The third kappa shape index (κ3) is 2.76. The minimum absolute atomic E-state index is 0.0623. The van der Waals surface area contributed by atoms with Crippen molar-refractivity contribution in [2.24, 2.45) is 10.8 Å². The van der Waals surface area contributed by atoms with Crippen molar-refractivity contribution >= 4 is 11.9 Å². The fraction of sp³-hybridized carbons (Fsp3) is 0.579. The van der Waals surface area contributed by atoms with Crippen LogP contribution in [0.3, 0.4) is 0 Å². The largest absolute Gasteiger partial charge is 0.508 e. The van der Waals surface area contributed by atoms with Crippen LogP contribution < -0.4 is 0 Å². The maximum absolute atomic E-state index is 12.4. The predicted molar refractivity (Wildman–Crippen MR) is 92.1 cm³/mol. The lowest BCUT2D eigenvalue weighted by molar-refractivity contribution is -0.184. The van der Waals surface area contributed by atoms with Crippen LogP contribution in [-0.2, 0) is 15.0 Å². The van der Waals surface area contributed by atoms with Crippen LogP contribution in [0, 0.1) is 10.8 Å². The highest BCUT2D eigenvalue weighted by molar-refractivity contribution is 6.01. The summed E-state index contributed by atoms with van der Waals surface area (Å²) in [5.41, 5.74) is -3.48. The minimum Gasteiger partial charge on any atom is -0.508 e. The summed E-state index contributed by atoms with van der Waals surface area (Å²) in [6, 6.07) is 6.24. The van der Waals surface area contributed by atoms with Crippen molar-refractivity contribution in [3.8, 4) is 5.75 Å². The highest BCUT2D eigenvalue weighted by Crippen LogP contribution is 2.57. The summed E-state index contributed by atoms with van der Waals surface area (Å²) in [5.74, 6) is -2.59. The lowest BCUT2D eigenvalue weighted by atomic mass is 9.47. The van der Waals surface area contributed by atoms with Gasteiger partial charge in [-0.25, -0.2) is 0 Å². The molecule has 1 atom stereocenters. The minimum atomic E-state index is -2.00. The Bertz CT molecular complexity index is 583. The zero-order valence-corrected chi connectivity index (χ0v) is 15.1. The van der Waals surface area contributed by atoms with Gasteiger partial charge in [0.2, 0.25) is 0 Å². The van der Waals surface area contributed by atoms with Crippen LogP contribution in [0.2, 0.25) is 0 Å². The van der Waals surface area contributed by atoms with Gasteiger partial charge in [0.05, 0.1) is 0 Å². The van der Waals surface area contributed by atoms with E-state index in [1.165, 1.54) is 12.1 Å². The summed E-state index contributed by atoms with van der Waals surface area (Å²) in [7, 11) is 0. The van der Waals surface area contributed by atoms with Gasteiger partial charge in [-0.1, -0.05) is 53.2 Å². The van der Waals surface area contributed by atoms with Crippen LogP contribution in [0.25, 0.3) is 0 Å². The number of carbonyl (C=O) groups is 2. The van der Waals surface area contributed by atoms with Gasteiger partial charge in [-0.05, 0) is 36.0 Å². The zero-order chi connectivity index (χ0) is 18.8. The molecule has 0 saturated heterocycles. The molecular formula is C19H28O5. The highest BCUT2D eigenvalue weighted by Gasteiger charge is 2.67. The van der Waals surface area contributed by atoms with Gasteiger partial charge in [0.1, 0.15) is 5.75 Å². The van der Waals surface area contributed by atoms with Gasteiger partial charge in [-0.3, -0.25) is 9.59 Å². The molecule has 0 radical (unpaired) electrons. The lowest BCUT2D eigenvalue weighted by Crippen LogP contribution is -2.62. The van der Waals surface area contributed by atoms with E-state index in [2.05, 4.69) is 0 Å². The van der Waals surface area contributed by atoms with Gasteiger partial charge in [-0.2, -0.15) is 0 Å². The molecule has 5 heteroatoms. The third-order valence-electron chi connectivity index (χ3n) is 5.18. The van der Waals surface area contributed by atoms with Crippen molar-refractivity contribution in [1.82, 2.24) is 0 Å². The number of rotatable bonds is 7. The number of benzene rings is 1. The number of carboxylic acids is 2. The predicted octanol–water partition coefficient (Wildman–Crippen LogP) is 4.04. The first-order chi connectivity index (χ1) is 11.0. The molecular weight excluding hydrogens is 308 g/mol. The topological polar surface area (TPSA) is 94.8 Å². The molecule has 0 aliphatic heterocycles. The van der Waals surface area contributed by atoms with Gasteiger partial charge in [-0.15, -0.1) is 0 Å². The van der Waals surface area contributed by atoms with E-state index in [0.29, 0.717) is 24.8 Å². The lowest BCUT2D eigenvalue weighted by Gasteiger charge is -2.52. The first-order valence-corrected chi connectivity index (χ1v) is 8.27. The highest BCUT2D eigenvalue weighted by atomic mass is 16.4. The fourth-order valence-electron chi connectivity index (χ4n) is 4.26. The second kappa shape index (κ2) is 6.83. The average molecular weight is 336 g/mol. The molecule has 0 fully saturated rings. The monoisotopic (exact) mass is 336 g/mol. The van der Waals surface area contributed by atoms with E-state index < -0.39 is 28.2 Å². The second-order valence-electron chi connectivity index (χ2n) is 7.34. The van der Waals surface area contributed by atoms with Crippen molar-refractivity contribution < 1.29 is 24.9 Å². The van der Waals surface area contributed by atoms with Crippen LogP contribution in [0.5, 0.6) is 5.75 Å². The summed E-state index contributed by atoms with van der Waals surface area (Å²) < 4.78 is 0. The van der Waals surface area contributed by atoms with Crippen molar-refractivity contribution in [2.45, 2.75) is 59.3 Å². The molecule has 134 valence electrons. The maximum atomic E-state index is 12.4. The summed E-state index contributed by atoms with van der Waals surface area (Å²) in [4.78, 5) is 24.8. The molecule has 0 bridgehead atoms. The van der Waals surface area contributed by atoms with Crippen LogP contribution in [0.15, 0.2) is 24.3 Å². The molecule has 0 spiro atoms. The Labute approximate surface area is 143 Å². The number of phenols is 1. The van der Waals surface area contributed by atoms with E-state index in [0.717, 1.165) is 0 Å². The van der Waals surface area contributed by atoms with Gasteiger partial charge >= 0.3 is 11.9 Å². The van der Waals surface area contributed by atoms with E-state index >= 15 is 0 Å². The summed E-state index contributed by atoms with van der Waals surface area (Å²) >= 11 is 0. The average Bonchev–Trinajstić information content (AvgIpc) is 2.45. The first-order valence-electron chi connectivity index (χ1n) is 8.27. The Morgan fingerprint density at radius 3 is 1.71 bits per heavy atom. The molecule has 1 rings (SSSR count). The molecule has 0 amide bonds. The Morgan fingerprint density at radius 2 is 1.42 bits per heavy atom. The van der Waals surface area contributed by atoms with E-state index in [4.69, 9.17) is 0 Å². The normalized spacial score (nSPS) is 14.9. The van der Waals surface area contributed by atoms with Gasteiger partial charge in [0, 0.05) is 5.41 Å². The van der Waals surface area contributed by atoms with Crippen molar-refractivity contribution in [3.63, 3.8) is 0 Å². The zero-order valence-electron chi connectivity index (χ0n) is 15.1. The number of hydrogen-bond acceptors (Lipinski definition) is 3. The van der Waals surface area contributed by atoms with Crippen molar-refractivity contribution in [2.75, 3.05) is 0 Å². The summed E-state index contributed by atoms with van der Waals surface area (Å²) in [6.07, 6.45) is 1.43. The first kappa shape index (κ1) is 20.0. The number of aliphatic carboxylic acids is 2. The Kier molecular flexibility index (Phi) is 5.70. The molecule has 1 aromatic rings. The van der Waals surface area contributed by atoms with Gasteiger partial charge in [0.25, 0.3) is 0 Å². The van der Waals surface area contributed by atoms with Crippen molar-refractivity contribution in [1.29, 1.82) is 0 Å². The van der Waals surface area contributed by atoms with Crippen molar-refractivity contribution in [3.05, 3.63) is 29.8 Å². The summed E-state index contributed by atoms with van der Waals surface area (Å²) in [6.45, 7) is 8.73. The number of hydrogen-bond donors (Lipinski definition) is 3. The number of carboxylic acid groups (broad SMARTS) is 2. The molecule has 0 aliphatic carbocycles. The number of aromatic hydroxyl groups is 1. The SMILES string of the molecule is CCCC(CC)(c1ccc(O)cc1)C(C(=O)O)(C(=O)O)C(C)(C)C. The van der Waals surface area contributed by atoms with Gasteiger partial charge < -0.3 is 15.3 Å². The molecule has 0 heterocycles. The maximum Gasteiger partial charge on any atom is 0.322 e. The summed E-state index contributed by atoms with van der Waals surface area (Å²) in [5, 5.41) is 29.8. The van der Waals surface area contributed by atoms with Crippen LogP contribution in [0.1, 0.15) is 59.4 Å². The second-order valence-corrected chi connectivity index (χ2v) is 7.34. The molecule has 0 aliphatic rings. The molecule has 0 aromatic heterocycles. The van der Waals surface area contributed by atoms with E-state index in [-0.39, 0.29) is 5.75 Å². The van der Waals surface area contributed by atoms with Gasteiger partial charge in [0.15, 0.2) is 5.41 Å². The molecule has 1 unspecified atom stereocenters. The molecule has 0 saturated carbocycles. The van der Waals surface area contributed by atoms with Crippen LogP contribution in [-0.4, -0.2) is 27.3 Å². The molecule has 1 aromatic carbocycles. The third-order valence-corrected chi connectivity index (χ3v) is 5.18. The standard InChI is InChI=1S/C19H28O5/c1-6-12-18(7-2,13-8-10-14(20)11-9-13)19(15(21)22,16(23)24)17(3,4)5/h8-11,20H,6-7,12H2,1-5H3,(H,21,22)(H,23,24). The van der Waals surface area contributed by atoms with Crippen LogP contribution in [0.4, 0.5) is 0 Å². The van der Waals surface area contributed by atoms with Crippen LogP contribution >= 0.6 is 0 Å². The Balaban J connectivity index is 3.93. The Hall–Kier alpha value is -2.04. The van der Waals surface area contributed by atoms with E-state index in [1.54, 1.807) is 32.9 Å². The number of phenolic OH excluding ortho intramolecular Hbond substituents is 1. The van der Waals surface area contributed by atoms with E-state index in [9.17, 15) is 24.9 Å². The molecule has 24 heavy (non-hydrogen) atoms. The molecule has 5 nitrogen and oxygen atoms in total. The van der Waals surface area contributed by atoms with E-state index in [1.807, 2.05) is 13.8 Å². The quantitative estimate of drug-likeness (QED) is 0.653.